The van der Waals surface area contributed by atoms with E-state index in [0.29, 0.717) is 26.4 Å². The van der Waals surface area contributed by atoms with E-state index in [-0.39, 0.29) is 0 Å². The van der Waals surface area contributed by atoms with Crippen LogP contribution in [0.3, 0.4) is 0 Å². The Morgan fingerprint density at radius 2 is 0.418 bits per heavy atom. The zero-order valence-corrected chi connectivity index (χ0v) is 83.6. The number of benzene rings is 9. The Labute approximate surface area is 789 Å². The Morgan fingerprint density at radius 1 is 0.209 bits per heavy atom. The average molecular weight is 2450 g/mol. The predicted molar refractivity (Wildman–Crippen MR) is 525 cm³/mol. The Morgan fingerprint density at radius 3 is 0.636 bits per heavy atom. The van der Waals surface area contributed by atoms with Crippen molar-refractivity contribution in [2.45, 2.75) is 0 Å². The van der Waals surface area contributed by atoms with Gasteiger partial charge < -0.3 is 30.1 Å². The van der Waals surface area contributed by atoms with Gasteiger partial charge >= 0.3 is 21.4 Å². The van der Waals surface area contributed by atoms with Gasteiger partial charge in [-0.05, 0) is 338 Å². The van der Waals surface area contributed by atoms with Crippen LogP contribution in [0, 0.1) is 0 Å². The lowest BCUT2D eigenvalue weighted by Crippen LogP contribution is -2.29. The molecular formula is C78H52B3Br12Cl5O6S6. The summed E-state index contributed by atoms with van der Waals surface area (Å²) >= 11 is 80.3. The van der Waals surface area contributed by atoms with Gasteiger partial charge in [0.1, 0.15) is 0 Å². The summed E-state index contributed by atoms with van der Waals surface area (Å²) in [6.45, 7) is 0. The van der Waals surface area contributed by atoms with Crippen LogP contribution in [0.25, 0.3) is 62.6 Å². The van der Waals surface area contributed by atoms with Crippen LogP contribution in [-0.2, 0) is 0 Å². The van der Waals surface area contributed by atoms with Crippen LogP contribution < -0.4 is 16.4 Å². The fourth-order valence-corrected chi connectivity index (χ4v) is 24.0. The molecule has 0 fully saturated rings. The Hall–Kier alpha value is -1.66. The number of hydrogen-bond acceptors (Lipinski definition) is 12. The van der Waals surface area contributed by atoms with Crippen molar-refractivity contribution in [2.75, 3.05) is 0 Å². The van der Waals surface area contributed by atoms with Crippen LogP contribution in [0.5, 0.6) is 0 Å². The van der Waals surface area contributed by atoms with Crippen LogP contribution in [0.15, 0.2) is 329 Å². The van der Waals surface area contributed by atoms with E-state index in [0.717, 1.165) is 64.6 Å². The molecule has 6 aromatic heterocycles. The molecule has 0 aliphatic rings. The second kappa shape index (κ2) is 50.3. The topological polar surface area (TPSA) is 121 Å². The summed E-state index contributed by atoms with van der Waals surface area (Å²) in [5, 5.41) is 55.1. The third kappa shape index (κ3) is 33.3. The monoisotopic (exact) mass is 2430 g/mol. The molecular weight excluding hydrogens is 2390 g/mol. The van der Waals surface area contributed by atoms with Crippen molar-refractivity contribution in [3.8, 4) is 62.6 Å². The first kappa shape index (κ1) is 95.5. The molecule has 6 heterocycles. The quantitative estimate of drug-likeness (QED) is 0.0801. The summed E-state index contributed by atoms with van der Waals surface area (Å²) in [5.41, 5.74) is 8.75. The Balaban J connectivity index is 0.000000175. The highest BCUT2D eigenvalue weighted by Crippen LogP contribution is 2.44. The molecule has 0 saturated carbocycles. The number of hydrogen-bond donors (Lipinski definition) is 6. The second-order valence-corrected chi connectivity index (χ2v) is 43.3. The first-order chi connectivity index (χ1) is 52.5. The van der Waals surface area contributed by atoms with Gasteiger partial charge in [0.2, 0.25) is 0 Å². The van der Waals surface area contributed by atoms with Gasteiger partial charge in [0, 0.05) is 81.2 Å². The smallest absolute Gasteiger partial charge is 0.423 e. The van der Waals surface area contributed by atoms with E-state index in [1.807, 2.05) is 108 Å². The molecule has 564 valence electrons. The van der Waals surface area contributed by atoms with Crippen molar-refractivity contribution in [2.24, 2.45) is 0 Å². The normalized spacial score (nSPS) is 10.1. The molecule has 0 saturated heterocycles. The SMILES string of the molecule is Brc1cc(-c2ccccc2)sc1-c1ccccc1.Brc1cc(Br)c(Br)s1.Brc1cc(Br)c(Br)s1.Clc1ccc(-c2cc(Br)c(-c3ccccc3)s2)cc1.Clc1ccc(-c2cc(Br)c(Br)s2)cc1.Clc1ccc(-c2cc(Br)c(Br)s2)cc1.OB(O)c1ccc(Cl)cc1.OB(O)c1ccc(Cl)cc1.OB(O)c1ccccc1. The molecule has 0 aliphatic heterocycles. The molecule has 0 amide bonds. The standard InChI is InChI=1S/C16H10BrClS.C16H11BrS.2C10H5Br2ClS.2C6H6BClO2.C6H7BO2.2C4HBr3S/c17-14-10-15(11-6-8-13(18)9-7-11)19-16(14)12-4-2-1-3-5-12;17-14-11-15(12-7-3-1-4-8-12)18-16(14)13-9-5-2-6-10-13;2*11-8-5-9(14-10(8)12)6-1-3-7(13)4-2-6;2*8-6-3-1-5(2-4-6)7(9)10;8-7(9)6-4-2-1-3-5-6;2*5-2-1-3(6)8-4(2)7/h1-10H;1-11H;2*1-5H;2*1-4,9-10H;1-5,8-9H;2*1H. The highest BCUT2D eigenvalue weighted by molar-refractivity contribution is 9.15. The van der Waals surface area contributed by atoms with Crippen molar-refractivity contribution in [3.63, 3.8) is 0 Å². The fraction of sp³-hybridized carbons (Fsp3) is 0. The Bertz CT molecular complexity index is 4960. The van der Waals surface area contributed by atoms with E-state index in [2.05, 4.69) is 300 Å². The van der Waals surface area contributed by atoms with Crippen LogP contribution in [0.1, 0.15) is 0 Å². The summed E-state index contributed by atoms with van der Waals surface area (Å²) in [6.07, 6.45) is 0. The van der Waals surface area contributed by atoms with Gasteiger partial charge in [0.15, 0.2) is 0 Å². The molecule has 9 aromatic carbocycles. The maximum atomic E-state index is 8.63. The lowest BCUT2D eigenvalue weighted by atomic mass is 9.81. The maximum Gasteiger partial charge on any atom is 0.488 e. The number of thiophene rings is 6. The lowest BCUT2D eigenvalue weighted by molar-refractivity contribution is 0.424. The molecule has 6 nitrogen and oxygen atoms in total. The molecule has 0 spiro atoms. The van der Waals surface area contributed by atoms with E-state index in [1.165, 1.54) is 62.6 Å². The molecule has 110 heavy (non-hydrogen) atoms. The summed E-state index contributed by atoms with van der Waals surface area (Å²) in [5.74, 6) is 0. The largest absolute Gasteiger partial charge is 0.488 e. The number of rotatable bonds is 9. The summed E-state index contributed by atoms with van der Waals surface area (Å²) < 4.78 is 13.4. The molecule has 15 rings (SSSR count). The molecule has 0 atom stereocenters. The fourth-order valence-electron chi connectivity index (χ4n) is 8.55. The zero-order valence-electron chi connectivity index (χ0n) is 55.8. The van der Waals surface area contributed by atoms with Crippen molar-refractivity contribution >= 4 is 355 Å². The third-order valence-electron chi connectivity index (χ3n) is 13.8. The second-order valence-electron chi connectivity index (χ2n) is 21.6. The maximum absolute atomic E-state index is 8.63. The van der Waals surface area contributed by atoms with Crippen LogP contribution in [-0.4, -0.2) is 51.5 Å². The Kier molecular flexibility index (Phi) is 43.7. The van der Waals surface area contributed by atoms with E-state index in [1.54, 1.807) is 129 Å². The molecule has 0 radical (unpaired) electrons. The van der Waals surface area contributed by atoms with Gasteiger partial charge in [-0.1, -0.05) is 240 Å². The van der Waals surface area contributed by atoms with Crippen molar-refractivity contribution in [1.82, 2.24) is 0 Å². The van der Waals surface area contributed by atoms with Crippen LogP contribution >= 0.6 is 317 Å². The molecule has 0 bridgehead atoms. The first-order valence-corrected chi connectivity index (χ1v) is 47.6. The van der Waals surface area contributed by atoms with Gasteiger partial charge in [-0.15, -0.1) is 68.0 Å². The molecule has 32 heteroatoms. The minimum atomic E-state index is -1.41. The first-order valence-electron chi connectivity index (χ1n) is 31.3. The van der Waals surface area contributed by atoms with Crippen LogP contribution in [0.2, 0.25) is 25.1 Å². The van der Waals surface area contributed by atoms with Gasteiger partial charge in [-0.25, -0.2) is 0 Å². The average Bonchev–Trinajstić information content (AvgIpc) is 1.69. The van der Waals surface area contributed by atoms with Crippen molar-refractivity contribution in [1.29, 1.82) is 0 Å². The highest BCUT2D eigenvalue weighted by atomic mass is 79.9. The molecule has 15 aromatic rings. The highest BCUT2D eigenvalue weighted by Gasteiger charge is 2.15. The van der Waals surface area contributed by atoms with E-state index >= 15 is 0 Å². The van der Waals surface area contributed by atoms with Crippen molar-refractivity contribution < 1.29 is 30.1 Å². The summed E-state index contributed by atoms with van der Waals surface area (Å²) in [4.78, 5) is 7.52. The van der Waals surface area contributed by atoms with E-state index in [9.17, 15) is 0 Å². The molecule has 0 unspecified atom stereocenters. The summed E-state index contributed by atoms with van der Waals surface area (Å²) in [6, 6.07) is 88.9. The van der Waals surface area contributed by atoms with Gasteiger partial charge in [0.05, 0.1) is 22.7 Å². The molecule has 6 N–H and O–H groups in total. The van der Waals surface area contributed by atoms with Gasteiger partial charge in [0.25, 0.3) is 0 Å². The van der Waals surface area contributed by atoms with Gasteiger partial charge in [-0.2, -0.15) is 0 Å². The van der Waals surface area contributed by atoms with Gasteiger partial charge in [-0.3, -0.25) is 0 Å². The predicted octanol–water partition coefficient (Wildman–Crippen LogP) is 31.0. The third-order valence-corrected chi connectivity index (χ3v) is 33.5. The minimum Gasteiger partial charge on any atom is -0.423 e. The van der Waals surface area contributed by atoms with Crippen molar-refractivity contribution in [3.05, 3.63) is 354 Å². The minimum absolute atomic E-state index is 0.449. The van der Waals surface area contributed by atoms with E-state index < -0.39 is 21.4 Å². The van der Waals surface area contributed by atoms with E-state index in [4.69, 9.17) is 88.1 Å². The molecule has 0 aliphatic carbocycles. The van der Waals surface area contributed by atoms with Crippen LogP contribution in [0.4, 0.5) is 0 Å². The summed E-state index contributed by atoms with van der Waals surface area (Å²) in [7, 11) is -4.15. The number of halogens is 17. The lowest BCUT2D eigenvalue weighted by Gasteiger charge is -1.98. The zero-order chi connectivity index (χ0) is 80.0.